The van der Waals surface area contributed by atoms with Crippen LogP contribution in [-0.2, 0) is 6.54 Å². The Hall–Kier alpha value is -1.57. The second-order valence-corrected chi connectivity index (χ2v) is 5.31. The van der Waals surface area contributed by atoms with Crippen LogP contribution in [0.25, 0.3) is 0 Å². The zero-order chi connectivity index (χ0) is 14.2. The number of hydrogen-bond donors (Lipinski definition) is 2. The summed E-state index contributed by atoms with van der Waals surface area (Å²) in [7, 11) is 0. The van der Waals surface area contributed by atoms with E-state index in [1.54, 1.807) is 0 Å². The van der Waals surface area contributed by atoms with Gasteiger partial charge in [-0.25, -0.2) is 0 Å². The molecule has 2 atom stereocenters. The zero-order valence-corrected chi connectivity index (χ0v) is 11.7. The van der Waals surface area contributed by atoms with Gasteiger partial charge >= 0.3 is 0 Å². The highest BCUT2D eigenvalue weighted by Crippen LogP contribution is 2.24. The van der Waals surface area contributed by atoms with Gasteiger partial charge in [0.1, 0.15) is 11.8 Å². The van der Waals surface area contributed by atoms with Gasteiger partial charge in [0.15, 0.2) is 6.61 Å². The Labute approximate surface area is 120 Å². The van der Waals surface area contributed by atoms with Gasteiger partial charge in [-0.1, -0.05) is 25.0 Å². The van der Waals surface area contributed by atoms with Crippen LogP contribution in [0.15, 0.2) is 24.3 Å². The van der Waals surface area contributed by atoms with Gasteiger partial charge in [0, 0.05) is 19.2 Å². The molecule has 0 aliphatic heterocycles. The van der Waals surface area contributed by atoms with Crippen LogP contribution in [0, 0.1) is 17.2 Å². The fraction of sp³-hybridized carbons (Fsp3) is 0.562. The monoisotopic (exact) mass is 274 g/mol. The summed E-state index contributed by atoms with van der Waals surface area (Å²) in [6.45, 7) is 1.16. The topological polar surface area (TPSA) is 65.3 Å². The molecule has 1 saturated carbocycles. The quantitative estimate of drug-likeness (QED) is 0.835. The number of nitrogens with zero attached hydrogens (tertiary/aromatic N) is 1. The number of hydrogen-bond acceptors (Lipinski definition) is 4. The third-order valence-corrected chi connectivity index (χ3v) is 3.94. The van der Waals surface area contributed by atoms with Crippen molar-refractivity contribution < 1.29 is 9.84 Å². The predicted octanol–water partition coefficient (Wildman–Crippen LogP) is 2.23. The summed E-state index contributed by atoms with van der Waals surface area (Å²) in [6.07, 6.45) is 4.74. The summed E-state index contributed by atoms with van der Waals surface area (Å²) in [4.78, 5) is 0. The van der Waals surface area contributed by atoms with Crippen LogP contribution in [0.2, 0.25) is 0 Å². The van der Waals surface area contributed by atoms with Crippen molar-refractivity contribution in [1.29, 1.82) is 5.26 Å². The van der Waals surface area contributed by atoms with E-state index in [1.165, 1.54) is 18.4 Å². The summed E-state index contributed by atoms with van der Waals surface area (Å²) in [5.74, 6) is 1.11. The highest BCUT2D eigenvalue weighted by molar-refractivity contribution is 5.27. The molecule has 1 fully saturated rings. The van der Waals surface area contributed by atoms with Crippen molar-refractivity contribution in [3.63, 3.8) is 0 Å². The van der Waals surface area contributed by atoms with Crippen molar-refractivity contribution in [2.45, 2.75) is 38.3 Å². The summed E-state index contributed by atoms with van der Waals surface area (Å²) in [6, 6.07) is 10.2. The summed E-state index contributed by atoms with van der Waals surface area (Å²) in [5.41, 5.74) is 1.19. The molecule has 1 aliphatic rings. The van der Waals surface area contributed by atoms with Crippen molar-refractivity contribution >= 4 is 0 Å². The molecule has 0 saturated heterocycles. The second kappa shape index (κ2) is 7.88. The minimum atomic E-state index is 0.0812. The van der Waals surface area contributed by atoms with E-state index < -0.39 is 0 Å². The Morgan fingerprint density at radius 2 is 2.00 bits per heavy atom. The zero-order valence-electron chi connectivity index (χ0n) is 11.7. The first-order valence-corrected chi connectivity index (χ1v) is 7.26. The predicted molar refractivity (Wildman–Crippen MR) is 77.2 cm³/mol. The minimum absolute atomic E-state index is 0.0812. The number of aliphatic hydroxyl groups is 1. The molecule has 1 aromatic rings. The van der Waals surface area contributed by atoms with E-state index in [-0.39, 0.29) is 13.2 Å². The fourth-order valence-corrected chi connectivity index (χ4v) is 2.76. The van der Waals surface area contributed by atoms with Gasteiger partial charge in [-0.3, -0.25) is 0 Å². The van der Waals surface area contributed by atoms with Gasteiger partial charge in [0.2, 0.25) is 0 Å². The SMILES string of the molecule is N#CCOc1ccc(CNC2CCCCC2CO)cc1. The lowest BCUT2D eigenvalue weighted by Crippen LogP contribution is -2.39. The molecule has 108 valence electrons. The van der Waals surface area contributed by atoms with Gasteiger partial charge in [-0.05, 0) is 36.5 Å². The number of nitrogens with one attached hydrogen (secondary N) is 1. The molecule has 0 heterocycles. The molecule has 1 aliphatic carbocycles. The molecule has 2 N–H and O–H groups in total. The molecule has 0 aromatic heterocycles. The van der Waals surface area contributed by atoms with Gasteiger partial charge in [0.05, 0.1) is 0 Å². The van der Waals surface area contributed by atoms with E-state index in [1.807, 2.05) is 30.3 Å². The van der Waals surface area contributed by atoms with Crippen molar-refractivity contribution in [3.8, 4) is 11.8 Å². The maximum absolute atomic E-state index is 9.39. The number of rotatable bonds is 6. The van der Waals surface area contributed by atoms with Crippen molar-refractivity contribution in [2.75, 3.05) is 13.2 Å². The minimum Gasteiger partial charge on any atom is -0.479 e. The summed E-state index contributed by atoms with van der Waals surface area (Å²) in [5, 5.41) is 21.4. The van der Waals surface area contributed by atoms with Crippen LogP contribution >= 0.6 is 0 Å². The number of ether oxygens (including phenoxy) is 1. The van der Waals surface area contributed by atoms with Crippen LogP contribution in [0.5, 0.6) is 5.75 Å². The molecule has 2 unspecified atom stereocenters. The van der Waals surface area contributed by atoms with Crippen LogP contribution in [0.4, 0.5) is 0 Å². The molecule has 0 radical (unpaired) electrons. The highest BCUT2D eigenvalue weighted by atomic mass is 16.5. The lowest BCUT2D eigenvalue weighted by atomic mass is 9.85. The van der Waals surface area contributed by atoms with E-state index in [0.717, 1.165) is 25.1 Å². The van der Waals surface area contributed by atoms with Crippen molar-refractivity contribution in [1.82, 2.24) is 5.32 Å². The summed E-state index contributed by atoms with van der Waals surface area (Å²) >= 11 is 0. The maximum Gasteiger partial charge on any atom is 0.174 e. The van der Waals surface area contributed by atoms with E-state index in [4.69, 9.17) is 10.00 Å². The molecule has 0 amide bonds. The molecule has 20 heavy (non-hydrogen) atoms. The fourth-order valence-electron chi connectivity index (χ4n) is 2.76. The second-order valence-electron chi connectivity index (χ2n) is 5.31. The van der Waals surface area contributed by atoms with E-state index in [9.17, 15) is 5.11 Å². The lowest BCUT2D eigenvalue weighted by molar-refractivity contribution is 0.152. The van der Waals surface area contributed by atoms with Crippen LogP contribution < -0.4 is 10.1 Å². The maximum atomic E-state index is 9.39. The molecular weight excluding hydrogens is 252 g/mol. The Morgan fingerprint density at radius 3 is 2.70 bits per heavy atom. The first-order valence-electron chi connectivity index (χ1n) is 7.26. The normalized spacial score (nSPS) is 22.2. The first-order chi connectivity index (χ1) is 9.83. The Bertz CT molecular complexity index is 439. The molecule has 1 aromatic carbocycles. The van der Waals surface area contributed by atoms with Crippen molar-refractivity contribution in [2.24, 2.45) is 5.92 Å². The third-order valence-electron chi connectivity index (χ3n) is 3.94. The van der Waals surface area contributed by atoms with E-state index in [2.05, 4.69) is 5.32 Å². The molecule has 0 bridgehead atoms. The first kappa shape index (κ1) is 14.8. The average molecular weight is 274 g/mol. The van der Waals surface area contributed by atoms with E-state index in [0.29, 0.717) is 12.0 Å². The van der Waals surface area contributed by atoms with Crippen LogP contribution in [0.3, 0.4) is 0 Å². The third kappa shape index (κ3) is 4.22. The van der Waals surface area contributed by atoms with Crippen LogP contribution in [-0.4, -0.2) is 24.4 Å². The molecule has 4 heteroatoms. The smallest absolute Gasteiger partial charge is 0.174 e. The Kier molecular flexibility index (Phi) is 5.85. The van der Waals surface area contributed by atoms with Gasteiger partial charge in [-0.15, -0.1) is 0 Å². The lowest BCUT2D eigenvalue weighted by Gasteiger charge is -2.31. The largest absolute Gasteiger partial charge is 0.479 e. The number of nitriles is 1. The molecule has 4 nitrogen and oxygen atoms in total. The standard InChI is InChI=1S/C16H22N2O2/c17-9-10-20-15-7-5-13(6-8-15)11-18-16-4-2-1-3-14(16)12-19/h5-8,14,16,18-19H,1-4,10-12H2. The van der Waals surface area contributed by atoms with E-state index >= 15 is 0 Å². The Balaban J connectivity index is 1.82. The Morgan fingerprint density at radius 1 is 1.25 bits per heavy atom. The number of benzene rings is 1. The highest BCUT2D eigenvalue weighted by Gasteiger charge is 2.23. The van der Waals surface area contributed by atoms with Crippen molar-refractivity contribution in [3.05, 3.63) is 29.8 Å². The van der Waals surface area contributed by atoms with Gasteiger partial charge in [0.25, 0.3) is 0 Å². The molecular formula is C16H22N2O2. The van der Waals surface area contributed by atoms with Crippen LogP contribution in [0.1, 0.15) is 31.2 Å². The van der Waals surface area contributed by atoms with Gasteiger partial charge in [-0.2, -0.15) is 5.26 Å². The molecule has 2 rings (SSSR count). The van der Waals surface area contributed by atoms with Gasteiger partial charge < -0.3 is 15.2 Å². The summed E-state index contributed by atoms with van der Waals surface area (Å²) < 4.78 is 5.22. The molecule has 0 spiro atoms. The average Bonchev–Trinajstić information content (AvgIpc) is 2.52. The number of aliphatic hydroxyl groups excluding tert-OH is 1.